The molecule has 0 spiro atoms. The molecule has 1 N–H and O–H groups in total. The molecule has 0 aliphatic heterocycles. The van der Waals surface area contributed by atoms with Crippen molar-refractivity contribution in [1.29, 1.82) is 0 Å². The van der Waals surface area contributed by atoms with Crippen LogP contribution in [0.5, 0.6) is 0 Å². The Kier molecular flexibility index (Phi) is 7.06. The summed E-state index contributed by atoms with van der Waals surface area (Å²) in [5, 5.41) is 0. The lowest BCUT2D eigenvalue weighted by atomic mass is 10.1. The van der Waals surface area contributed by atoms with E-state index in [0.29, 0.717) is 6.42 Å². The summed E-state index contributed by atoms with van der Waals surface area (Å²) < 4.78 is 16.4. The molecular weight excluding hydrogens is 374 g/mol. The molecule has 0 unspecified atom stereocenters. The van der Waals surface area contributed by atoms with Gasteiger partial charge >= 0.3 is 0 Å². The number of benzene rings is 1. The van der Waals surface area contributed by atoms with Gasteiger partial charge in [-0.3, -0.25) is 0 Å². The summed E-state index contributed by atoms with van der Waals surface area (Å²) in [5.74, 6) is 3.30. The molecular formula is C17H26BrNOSSi. The number of hydrogen-bond acceptors (Lipinski definition) is 1. The zero-order valence-electron chi connectivity index (χ0n) is 14.3. The summed E-state index contributed by atoms with van der Waals surface area (Å²) in [5.41, 5.74) is 4.50. The number of nitrogens with one attached hydrogen (secondary N) is 1. The molecule has 0 aliphatic carbocycles. The molecule has 0 saturated carbocycles. The molecule has 0 bridgehead atoms. The van der Waals surface area contributed by atoms with Crippen molar-refractivity contribution in [3.05, 3.63) is 34.3 Å². The first-order valence-corrected chi connectivity index (χ1v) is 12.9. The smallest absolute Gasteiger partial charge is 0.129 e. The Morgan fingerprint density at radius 3 is 2.45 bits per heavy atom. The van der Waals surface area contributed by atoms with Crippen LogP contribution in [0.3, 0.4) is 0 Å². The minimum atomic E-state index is -1.39. The van der Waals surface area contributed by atoms with Crippen LogP contribution in [-0.4, -0.2) is 17.0 Å². The summed E-state index contributed by atoms with van der Waals surface area (Å²) >= 11 is 3.50. The zero-order valence-corrected chi connectivity index (χ0v) is 17.7. The van der Waals surface area contributed by atoms with Crippen LogP contribution in [0.4, 0.5) is 0 Å². The molecule has 1 aromatic rings. The molecule has 1 aromatic carbocycles. The van der Waals surface area contributed by atoms with Crippen LogP contribution in [0, 0.1) is 11.5 Å². The first-order chi connectivity index (χ1) is 9.99. The second kappa shape index (κ2) is 7.92. The molecule has 122 valence electrons. The average Bonchev–Trinajstić information content (AvgIpc) is 2.34. The van der Waals surface area contributed by atoms with Gasteiger partial charge in [-0.15, -0.1) is 11.5 Å². The van der Waals surface area contributed by atoms with Crippen LogP contribution in [0.2, 0.25) is 19.6 Å². The largest absolute Gasteiger partial charge is 0.242 e. The van der Waals surface area contributed by atoms with Crippen molar-refractivity contribution >= 4 is 35.0 Å². The van der Waals surface area contributed by atoms with Crippen molar-refractivity contribution in [3.8, 4) is 11.5 Å². The van der Waals surface area contributed by atoms with Crippen molar-refractivity contribution in [2.45, 2.75) is 57.6 Å². The van der Waals surface area contributed by atoms with Gasteiger partial charge in [0, 0.05) is 10.9 Å². The van der Waals surface area contributed by atoms with Gasteiger partial charge in [0.2, 0.25) is 0 Å². The van der Waals surface area contributed by atoms with Crippen LogP contribution in [-0.2, 0) is 11.0 Å². The molecule has 1 rings (SSSR count). The maximum absolute atomic E-state index is 12.4. The van der Waals surface area contributed by atoms with E-state index < -0.39 is 19.1 Å². The Hall–Kier alpha value is -0.413. The third-order valence-electron chi connectivity index (χ3n) is 2.83. The van der Waals surface area contributed by atoms with Gasteiger partial charge in [0.05, 0.1) is 21.8 Å². The van der Waals surface area contributed by atoms with E-state index in [2.05, 4.69) is 63.9 Å². The molecule has 0 radical (unpaired) electrons. The molecule has 0 amide bonds. The van der Waals surface area contributed by atoms with E-state index in [0.717, 1.165) is 10.0 Å². The highest BCUT2D eigenvalue weighted by atomic mass is 79.9. The molecule has 2 atom stereocenters. The lowest BCUT2D eigenvalue weighted by Crippen LogP contribution is -2.35. The SMILES string of the molecule is CC(C)(C)[S@@](=O)N[C@@H](CC#C[Si](C)(C)C)c1cccc(Br)c1. The Labute approximate surface area is 147 Å². The Morgan fingerprint density at radius 1 is 1.32 bits per heavy atom. The van der Waals surface area contributed by atoms with Gasteiger partial charge in [-0.2, -0.15) is 0 Å². The van der Waals surface area contributed by atoms with Gasteiger partial charge < -0.3 is 0 Å². The van der Waals surface area contributed by atoms with Gasteiger partial charge in [-0.05, 0) is 38.5 Å². The molecule has 0 aromatic heterocycles. The normalized spacial score (nSPS) is 14.9. The highest BCUT2D eigenvalue weighted by Gasteiger charge is 2.23. The Bertz CT molecular complexity index is 593. The number of hydrogen-bond donors (Lipinski definition) is 1. The summed E-state index contributed by atoms with van der Waals surface area (Å²) in [6.45, 7) is 12.6. The quantitative estimate of drug-likeness (QED) is 0.570. The zero-order chi connectivity index (χ0) is 17.0. The van der Waals surface area contributed by atoms with Gasteiger partial charge in [0.25, 0.3) is 0 Å². The second-order valence-electron chi connectivity index (χ2n) is 7.36. The molecule has 0 saturated heterocycles. The van der Waals surface area contributed by atoms with E-state index in [4.69, 9.17) is 0 Å². The lowest BCUT2D eigenvalue weighted by molar-refractivity contribution is 0.604. The van der Waals surface area contributed by atoms with Crippen LogP contribution >= 0.6 is 15.9 Å². The monoisotopic (exact) mass is 399 g/mol. The Balaban J connectivity index is 3.00. The predicted octanol–water partition coefficient (Wildman–Crippen LogP) is 4.81. The molecule has 0 heterocycles. The van der Waals surface area contributed by atoms with E-state index in [1.165, 1.54) is 0 Å². The van der Waals surface area contributed by atoms with E-state index in [1.54, 1.807) is 0 Å². The lowest BCUT2D eigenvalue weighted by Gasteiger charge is -2.23. The predicted molar refractivity (Wildman–Crippen MR) is 104 cm³/mol. The molecule has 0 aliphatic rings. The topological polar surface area (TPSA) is 29.1 Å². The fraction of sp³-hybridized carbons (Fsp3) is 0.529. The van der Waals surface area contributed by atoms with Crippen molar-refractivity contribution in [3.63, 3.8) is 0 Å². The standard InChI is InChI=1S/C17H26BrNOSSi/c1-17(2,3)21(20)19-16(11-8-12-22(4,5)6)14-9-7-10-15(18)13-14/h7,9-10,13,16,19H,11H2,1-6H3/t16-,21+/m0/s1. The third-order valence-corrected chi connectivity index (χ3v) is 5.86. The van der Waals surface area contributed by atoms with Gasteiger partial charge in [-0.25, -0.2) is 8.93 Å². The second-order valence-corrected chi connectivity index (χ2v) is 15.0. The van der Waals surface area contributed by atoms with Gasteiger partial charge in [-0.1, -0.05) is 47.7 Å². The van der Waals surface area contributed by atoms with Crippen LogP contribution in [0.25, 0.3) is 0 Å². The fourth-order valence-electron chi connectivity index (χ4n) is 1.68. The van der Waals surface area contributed by atoms with Crippen LogP contribution in [0.1, 0.15) is 38.8 Å². The maximum Gasteiger partial charge on any atom is 0.129 e. The van der Waals surface area contributed by atoms with Gasteiger partial charge in [0.1, 0.15) is 8.07 Å². The maximum atomic E-state index is 12.4. The fourth-order valence-corrected chi connectivity index (χ4v) is 3.56. The van der Waals surface area contributed by atoms with E-state index in [9.17, 15) is 4.21 Å². The molecule has 0 fully saturated rings. The minimum Gasteiger partial charge on any atom is -0.242 e. The Morgan fingerprint density at radius 2 is 1.95 bits per heavy atom. The first kappa shape index (κ1) is 19.6. The van der Waals surface area contributed by atoms with E-state index in [1.807, 2.05) is 32.9 Å². The van der Waals surface area contributed by atoms with E-state index in [-0.39, 0.29) is 10.8 Å². The summed E-state index contributed by atoms with van der Waals surface area (Å²) in [6, 6.07) is 8.09. The van der Waals surface area contributed by atoms with Crippen LogP contribution in [0.15, 0.2) is 28.7 Å². The van der Waals surface area contributed by atoms with Gasteiger partial charge in [0.15, 0.2) is 0 Å². The third kappa shape index (κ3) is 7.23. The number of halogens is 1. The summed E-state index contributed by atoms with van der Waals surface area (Å²) in [7, 11) is -2.51. The van der Waals surface area contributed by atoms with Crippen molar-refractivity contribution in [1.82, 2.24) is 4.72 Å². The van der Waals surface area contributed by atoms with E-state index >= 15 is 0 Å². The minimum absolute atomic E-state index is 0.0265. The molecule has 5 heteroatoms. The van der Waals surface area contributed by atoms with Crippen molar-refractivity contribution in [2.24, 2.45) is 0 Å². The van der Waals surface area contributed by atoms with Crippen molar-refractivity contribution in [2.75, 3.05) is 0 Å². The van der Waals surface area contributed by atoms with Crippen molar-refractivity contribution < 1.29 is 4.21 Å². The summed E-state index contributed by atoms with van der Waals surface area (Å²) in [6.07, 6.45) is 0.669. The molecule has 2 nitrogen and oxygen atoms in total. The number of rotatable bonds is 4. The highest BCUT2D eigenvalue weighted by molar-refractivity contribution is 9.10. The van der Waals surface area contributed by atoms with Crippen LogP contribution < -0.4 is 4.72 Å². The first-order valence-electron chi connectivity index (χ1n) is 7.42. The summed E-state index contributed by atoms with van der Waals surface area (Å²) in [4.78, 5) is 0. The average molecular weight is 400 g/mol. The highest BCUT2D eigenvalue weighted by Crippen LogP contribution is 2.23. The molecule has 22 heavy (non-hydrogen) atoms.